The van der Waals surface area contributed by atoms with Crippen molar-refractivity contribution in [3.63, 3.8) is 0 Å². The first-order valence-electron chi connectivity index (χ1n) is 8.35. The molecule has 7 heteroatoms. The molecule has 0 aliphatic carbocycles. The average molecular weight is 351 g/mol. The third-order valence-electron chi connectivity index (χ3n) is 4.37. The van der Waals surface area contributed by atoms with E-state index in [9.17, 15) is 8.78 Å². The van der Waals surface area contributed by atoms with E-state index in [-0.39, 0.29) is 17.9 Å². The molecule has 1 aliphatic heterocycles. The minimum absolute atomic E-state index is 0.0581. The van der Waals surface area contributed by atoms with Gasteiger partial charge in [0.2, 0.25) is 0 Å². The molecule has 0 bridgehead atoms. The Morgan fingerprint density at radius 2 is 2.16 bits per heavy atom. The molecule has 2 heterocycles. The molecule has 25 heavy (non-hydrogen) atoms. The van der Waals surface area contributed by atoms with Crippen LogP contribution < -0.4 is 10.1 Å². The number of rotatable bonds is 5. The van der Waals surface area contributed by atoms with Crippen LogP contribution in [0.5, 0.6) is 5.75 Å². The highest BCUT2D eigenvalue weighted by Crippen LogP contribution is 2.29. The average Bonchev–Trinajstić information content (AvgIpc) is 2.54. The summed E-state index contributed by atoms with van der Waals surface area (Å²) in [6.45, 7) is 3.59. The zero-order chi connectivity index (χ0) is 18.0. The maximum absolute atomic E-state index is 12.5. The fourth-order valence-corrected chi connectivity index (χ4v) is 3.08. The van der Waals surface area contributed by atoms with Crippen LogP contribution in [0.1, 0.15) is 12.6 Å². The topological polar surface area (TPSA) is 46.6 Å². The number of benzene rings is 1. The van der Waals surface area contributed by atoms with Crippen molar-refractivity contribution in [2.75, 3.05) is 32.1 Å². The van der Waals surface area contributed by atoms with Gasteiger partial charge >= 0.3 is 6.61 Å². The zero-order valence-electron chi connectivity index (χ0n) is 14.6. The molecular formula is C18H23F2N3O2. The number of aryl methyl sites for hydroxylation is 1. The fourth-order valence-electron chi connectivity index (χ4n) is 3.08. The van der Waals surface area contributed by atoms with Crippen molar-refractivity contribution in [1.29, 1.82) is 0 Å². The van der Waals surface area contributed by atoms with Gasteiger partial charge in [-0.3, -0.25) is 4.98 Å². The molecule has 3 rings (SSSR count). The van der Waals surface area contributed by atoms with Crippen molar-refractivity contribution in [2.24, 2.45) is 0 Å². The molecule has 0 radical (unpaired) electrons. The molecular weight excluding hydrogens is 328 g/mol. The standard InChI is InChI=1S/C18H23F2N3O2/c1-11-8-16(22-12(2)17-10-23(3)6-7-24-17)14-9-13(25-18(19)20)4-5-15(14)21-11/h4-5,8-9,12,17-18H,6-7,10H2,1-3H3,(H,21,22). The summed E-state index contributed by atoms with van der Waals surface area (Å²) >= 11 is 0. The van der Waals surface area contributed by atoms with E-state index in [2.05, 4.69) is 33.9 Å². The van der Waals surface area contributed by atoms with Gasteiger partial charge in [0, 0.05) is 29.9 Å². The molecule has 2 aromatic rings. The number of ether oxygens (including phenoxy) is 2. The van der Waals surface area contributed by atoms with Crippen LogP contribution in [0.2, 0.25) is 0 Å². The minimum Gasteiger partial charge on any atom is -0.435 e. The second-order valence-corrected chi connectivity index (χ2v) is 6.47. The van der Waals surface area contributed by atoms with Gasteiger partial charge in [-0.15, -0.1) is 0 Å². The van der Waals surface area contributed by atoms with Crippen LogP contribution in [-0.2, 0) is 4.74 Å². The van der Waals surface area contributed by atoms with E-state index >= 15 is 0 Å². The number of nitrogens with one attached hydrogen (secondary N) is 1. The maximum atomic E-state index is 12.5. The number of hydrogen-bond donors (Lipinski definition) is 1. The van der Waals surface area contributed by atoms with E-state index in [1.54, 1.807) is 12.1 Å². The minimum atomic E-state index is -2.85. The first-order valence-corrected chi connectivity index (χ1v) is 8.35. The van der Waals surface area contributed by atoms with Crippen molar-refractivity contribution < 1.29 is 18.3 Å². The van der Waals surface area contributed by atoms with Crippen LogP contribution in [0, 0.1) is 6.92 Å². The molecule has 1 aromatic carbocycles. The van der Waals surface area contributed by atoms with Crippen LogP contribution in [0.3, 0.4) is 0 Å². The summed E-state index contributed by atoms with van der Waals surface area (Å²) in [4.78, 5) is 6.70. The maximum Gasteiger partial charge on any atom is 0.387 e. The summed E-state index contributed by atoms with van der Waals surface area (Å²) in [5.41, 5.74) is 2.43. The lowest BCUT2D eigenvalue weighted by molar-refractivity contribution is -0.0497. The van der Waals surface area contributed by atoms with Gasteiger partial charge in [0.25, 0.3) is 0 Å². The molecule has 1 saturated heterocycles. The number of halogens is 2. The Hall–Kier alpha value is -1.99. The molecule has 1 aliphatic rings. The van der Waals surface area contributed by atoms with Crippen LogP contribution in [0.15, 0.2) is 24.3 Å². The number of fused-ring (bicyclic) bond motifs is 1. The number of pyridine rings is 1. The van der Waals surface area contributed by atoms with Crippen LogP contribution in [0.4, 0.5) is 14.5 Å². The molecule has 0 amide bonds. The summed E-state index contributed by atoms with van der Waals surface area (Å²) in [6.07, 6.45) is 0.0581. The second-order valence-electron chi connectivity index (χ2n) is 6.47. The second kappa shape index (κ2) is 7.49. The van der Waals surface area contributed by atoms with E-state index in [0.717, 1.165) is 35.4 Å². The molecule has 0 spiro atoms. The highest BCUT2D eigenvalue weighted by atomic mass is 19.3. The monoisotopic (exact) mass is 351 g/mol. The summed E-state index contributed by atoms with van der Waals surface area (Å²) < 4.78 is 35.4. The smallest absolute Gasteiger partial charge is 0.387 e. The number of anilines is 1. The Morgan fingerprint density at radius 1 is 1.36 bits per heavy atom. The Morgan fingerprint density at radius 3 is 2.88 bits per heavy atom. The predicted octanol–water partition coefficient (Wildman–Crippen LogP) is 3.28. The Labute approximate surface area is 145 Å². The highest BCUT2D eigenvalue weighted by molar-refractivity contribution is 5.92. The molecule has 2 unspecified atom stereocenters. The van der Waals surface area contributed by atoms with Crippen LogP contribution in [-0.4, -0.2) is 55.4 Å². The zero-order valence-corrected chi connectivity index (χ0v) is 14.6. The summed E-state index contributed by atoms with van der Waals surface area (Å²) in [7, 11) is 2.07. The van der Waals surface area contributed by atoms with E-state index in [1.807, 2.05) is 13.0 Å². The summed E-state index contributed by atoms with van der Waals surface area (Å²) in [6, 6.07) is 6.77. The number of aromatic nitrogens is 1. The van der Waals surface area contributed by atoms with E-state index in [0.29, 0.717) is 6.61 Å². The van der Waals surface area contributed by atoms with Crippen LogP contribution >= 0.6 is 0 Å². The first-order chi connectivity index (χ1) is 11.9. The quantitative estimate of drug-likeness (QED) is 0.896. The lowest BCUT2D eigenvalue weighted by Gasteiger charge is -2.34. The normalized spacial score (nSPS) is 20.0. The van der Waals surface area contributed by atoms with Gasteiger partial charge < -0.3 is 19.7 Å². The Kier molecular flexibility index (Phi) is 5.34. The number of likely N-dealkylation sites (N-methyl/N-ethyl adjacent to an activating group) is 1. The molecule has 2 atom stereocenters. The number of alkyl halides is 2. The van der Waals surface area contributed by atoms with Crippen molar-refractivity contribution in [1.82, 2.24) is 9.88 Å². The lowest BCUT2D eigenvalue weighted by Crippen LogP contribution is -2.47. The SMILES string of the molecule is Cc1cc(NC(C)C2CN(C)CCO2)c2cc(OC(F)F)ccc2n1. The van der Waals surface area contributed by atoms with Gasteiger partial charge in [-0.1, -0.05) is 0 Å². The molecule has 1 aromatic heterocycles. The summed E-state index contributed by atoms with van der Waals surface area (Å²) in [5, 5.41) is 4.21. The Bertz CT molecular complexity index is 742. The number of nitrogens with zero attached hydrogens (tertiary/aromatic N) is 2. The number of morpholine rings is 1. The fraction of sp³-hybridized carbons (Fsp3) is 0.500. The number of hydrogen-bond acceptors (Lipinski definition) is 5. The third-order valence-corrected chi connectivity index (χ3v) is 4.37. The van der Waals surface area contributed by atoms with Gasteiger partial charge in [0.15, 0.2) is 0 Å². The predicted molar refractivity (Wildman–Crippen MR) is 93.4 cm³/mol. The van der Waals surface area contributed by atoms with Crippen molar-refractivity contribution >= 4 is 16.6 Å². The van der Waals surface area contributed by atoms with Gasteiger partial charge in [-0.05, 0) is 45.2 Å². The summed E-state index contributed by atoms with van der Waals surface area (Å²) in [5.74, 6) is 0.123. The molecule has 0 saturated carbocycles. The molecule has 5 nitrogen and oxygen atoms in total. The largest absolute Gasteiger partial charge is 0.435 e. The molecule has 1 N–H and O–H groups in total. The van der Waals surface area contributed by atoms with Crippen LogP contribution in [0.25, 0.3) is 10.9 Å². The van der Waals surface area contributed by atoms with Crippen molar-refractivity contribution in [2.45, 2.75) is 32.6 Å². The van der Waals surface area contributed by atoms with Crippen molar-refractivity contribution in [3.05, 3.63) is 30.0 Å². The van der Waals surface area contributed by atoms with Gasteiger partial charge in [-0.2, -0.15) is 8.78 Å². The van der Waals surface area contributed by atoms with Gasteiger partial charge in [0.05, 0.1) is 24.3 Å². The lowest BCUT2D eigenvalue weighted by atomic mass is 10.1. The highest BCUT2D eigenvalue weighted by Gasteiger charge is 2.24. The van der Waals surface area contributed by atoms with Gasteiger partial charge in [-0.25, -0.2) is 0 Å². The van der Waals surface area contributed by atoms with E-state index < -0.39 is 6.61 Å². The Balaban J connectivity index is 1.88. The van der Waals surface area contributed by atoms with E-state index in [1.165, 1.54) is 6.07 Å². The molecule has 136 valence electrons. The first kappa shape index (κ1) is 17.8. The third kappa shape index (κ3) is 4.35. The van der Waals surface area contributed by atoms with E-state index in [4.69, 9.17) is 4.74 Å². The molecule has 1 fully saturated rings. The van der Waals surface area contributed by atoms with Crippen molar-refractivity contribution in [3.8, 4) is 5.75 Å². The van der Waals surface area contributed by atoms with Gasteiger partial charge in [0.1, 0.15) is 5.75 Å².